The van der Waals surface area contributed by atoms with Crippen LogP contribution in [0.4, 0.5) is 0 Å². The smallest absolute Gasteiger partial charge is 0.339 e. The summed E-state index contributed by atoms with van der Waals surface area (Å²) in [5, 5.41) is 1.33. The molecule has 4 nitrogen and oxygen atoms in total. The van der Waals surface area contributed by atoms with Gasteiger partial charge in [0.2, 0.25) is 0 Å². The zero-order valence-corrected chi connectivity index (χ0v) is 17.1. The molecule has 0 aliphatic carbocycles. The molecule has 0 bridgehead atoms. The van der Waals surface area contributed by atoms with E-state index in [0.29, 0.717) is 27.2 Å². The van der Waals surface area contributed by atoms with Gasteiger partial charge >= 0.3 is 5.97 Å². The maximum atomic E-state index is 12.8. The van der Waals surface area contributed by atoms with E-state index in [0.717, 1.165) is 11.1 Å². The number of fused-ring (bicyclic) bond motifs is 1. The van der Waals surface area contributed by atoms with Crippen molar-refractivity contribution < 1.29 is 14.3 Å². The van der Waals surface area contributed by atoms with Crippen molar-refractivity contribution in [2.45, 2.75) is 27.7 Å². The number of aromatic nitrogens is 1. The summed E-state index contributed by atoms with van der Waals surface area (Å²) in [7, 11) is 0. The Morgan fingerprint density at radius 2 is 1.71 bits per heavy atom. The first-order chi connectivity index (χ1) is 13.1. The molecule has 0 saturated carbocycles. The Bertz CT molecular complexity index is 1050. The zero-order chi connectivity index (χ0) is 20.5. The Balaban J connectivity index is 2.03. The highest BCUT2D eigenvalue weighted by atomic mass is 35.5. The summed E-state index contributed by atoms with van der Waals surface area (Å²) in [4.78, 5) is 29.6. The number of halogens is 1. The molecule has 0 fully saturated rings. The Hall–Kier alpha value is -2.72. The Labute approximate surface area is 169 Å². The van der Waals surface area contributed by atoms with Crippen molar-refractivity contribution in [1.29, 1.82) is 0 Å². The molecule has 1 aromatic heterocycles. The Morgan fingerprint density at radius 3 is 2.36 bits per heavy atom. The van der Waals surface area contributed by atoms with Crippen molar-refractivity contribution in [1.82, 2.24) is 4.98 Å². The van der Waals surface area contributed by atoms with E-state index in [9.17, 15) is 9.59 Å². The standard InChI is InChI=1S/C23H22ClNO3/c1-14-5-10-19-17(11-14)18(22(27)28-13-21(26)23(2,3)4)12-20(25-19)15-6-8-16(24)9-7-15/h5-12H,13H2,1-4H3. The van der Waals surface area contributed by atoms with Crippen LogP contribution in [0.5, 0.6) is 0 Å². The minimum Gasteiger partial charge on any atom is -0.454 e. The summed E-state index contributed by atoms with van der Waals surface area (Å²) >= 11 is 5.97. The highest BCUT2D eigenvalue weighted by molar-refractivity contribution is 6.30. The molecular formula is C23H22ClNO3. The average molecular weight is 396 g/mol. The topological polar surface area (TPSA) is 56.3 Å². The van der Waals surface area contributed by atoms with Crippen LogP contribution in [0.3, 0.4) is 0 Å². The molecule has 2 aromatic carbocycles. The van der Waals surface area contributed by atoms with Crippen molar-refractivity contribution in [2.75, 3.05) is 6.61 Å². The largest absolute Gasteiger partial charge is 0.454 e. The van der Waals surface area contributed by atoms with Crippen molar-refractivity contribution in [2.24, 2.45) is 5.41 Å². The lowest BCUT2D eigenvalue weighted by atomic mass is 9.91. The van der Waals surface area contributed by atoms with Gasteiger partial charge in [0.05, 0.1) is 16.8 Å². The van der Waals surface area contributed by atoms with E-state index >= 15 is 0 Å². The van der Waals surface area contributed by atoms with Gasteiger partial charge in [0.25, 0.3) is 0 Å². The van der Waals surface area contributed by atoms with Crippen LogP contribution in [-0.2, 0) is 9.53 Å². The minimum absolute atomic E-state index is 0.131. The van der Waals surface area contributed by atoms with Gasteiger partial charge in [-0.2, -0.15) is 0 Å². The maximum absolute atomic E-state index is 12.8. The summed E-state index contributed by atoms with van der Waals surface area (Å²) in [5.74, 6) is -0.667. The average Bonchev–Trinajstić information content (AvgIpc) is 2.64. The van der Waals surface area contributed by atoms with Gasteiger partial charge in [0.15, 0.2) is 12.4 Å². The van der Waals surface area contributed by atoms with Crippen LogP contribution in [0.2, 0.25) is 5.02 Å². The molecule has 0 aliphatic heterocycles. The van der Waals surface area contributed by atoms with Gasteiger partial charge in [-0.05, 0) is 37.3 Å². The van der Waals surface area contributed by atoms with Crippen LogP contribution in [0.1, 0.15) is 36.7 Å². The van der Waals surface area contributed by atoms with Gasteiger partial charge in [-0.15, -0.1) is 0 Å². The van der Waals surface area contributed by atoms with Crippen LogP contribution in [0.15, 0.2) is 48.5 Å². The number of carbonyl (C=O) groups excluding carboxylic acids is 2. The number of carbonyl (C=O) groups is 2. The van der Waals surface area contributed by atoms with Crippen LogP contribution in [0, 0.1) is 12.3 Å². The van der Waals surface area contributed by atoms with E-state index in [-0.39, 0.29) is 12.4 Å². The number of rotatable bonds is 4. The fourth-order valence-electron chi connectivity index (χ4n) is 2.70. The Morgan fingerprint density at radius 1 is 1.04 bits per heavy atom. The highest BCUT2D eigenvalue weighted by Crippen LogP contribution is 2.27. The van der Waals surface area contributed by atoms with Gasteiger partial charge in [0, 0.05) is 21.4 Å². The van der Waals surface area contributed by atoms with Gasteiger partial charge in [0.1, 0.15) is 0 Å². The lowest BCUT2D eigenvalue weighted by Crippen LogP contribution is -2.26. The zero-order valence-electron chi connectivity index (χ0n) is 16.4. The van der Waals surface area contributed by atoms with E-state index < -0.39 is 11.4 Å². The fourth-order valence-corrected chi connectivity index (χ4v) is 2.83. The normalized spacial score (nSPS) is 11.5. The summed E-state index contributed by atoms with van der Waals surface area (Å²) in [6, 6.07) is 14.7. The van der Waals surface area contributed by atoms with E-state index in [1.165, 1.54) is 0 Å². The summed E-state index contributed by atoms with van der Waals surface area (Å²) in [6.07, 6.45) is 0. The third-order valence-corrected chi connectivity index (χ3v) is 4.75. The molecule has 0 radical (unpaired) electrons. The van der Waals surface area contributed by atoms with Crippen LogP contribution in [-0.4, -0.2) is 23.3 Å². The second kappa shape index (κ2) is 7.72. The molecule has 0 aliphatic rings. The van der Waals surface area contributed by atoms with Gasteiger partial charge in [-0.1, -0.05) is 56.1 Å². The number of aryl methyl sites for hydroxylation is 1. The minimum atomic E-state index is -0.564. The van der Waals surface area contributed by atoms with Gasteiger partial charge in [-0.25, -0.2) is 9.78 Å². The van der Waals surface area contributed by atoms with E-state index in [2.05, 4.69) is 4.98 Å². The van der Waals surface area contributed by atoms with Crippen molar-refractivity contribution in [3.8, 4) is 11.3 Å². The molecule has 0 N–H and O–H groups in total. The van der Waals surface area contributed by atoms with Crippen LogP contribution in [0.25, 0.3) is 22.2 Å². The second-order valence-corrected chi connectivity index (χ2v) is 8.27. The van der Waals surface area contributed by atoms with Crippen molar-refractivity contribution in [3.05, 3.63) is 64.7 Å². The molecule has 144 valence electrons. The molecule has 5 heteroatoms. The number of nitrogens with zero attached hydrogens (tertiary/aromatic N) is 1. The van der Waals surface area contributed by atoms with Crippen molar-refractivity contribution >= 4 is 34.3 Å². The first-order valence-corrected chi connectivity index (χ1v) is 9.41. The van der Waals surface area contributed by atoms with Crippen LogP contribution >= 0.6 is 11.6 Å². The molecule has 28 heavy (non-hydrogen) atoms. The predicted molar refractivity (Wildman–Crippen MR) is 112 cm³/mol. The van der Waals surface area contributed by atoms with E-state index in [1.54, 1.807) is 39.0 Å². The molecule has 1 heterocycles. The summed E-state index contributed by atoms with van der Waals surface area (Å²) in [6.45, 7) is 7.09. The monoisotopic (exact) mass is 395 g/mol. The quantitative estimate of drug-likeness (QED) is 0.537. The number of hydrogen-bond acceptors (Lipinski definition) is 4. The maximum Gasteiger partial charge on any atom is 0.339 e. The van der Waals surface area contributed by atoms with E-state index in [1.807, 2.05) is 37.3 Å². The third kappa shape index (κ3) is 4.39. The second-order valence-electron chi connectivity index (χ2n) is 7.83. The lowest BCUT2D eigenvalue weighted by Gasteiger charge is -2.16. The highest BCUT2D eigenvalue weighted by Gasteiger charge is 2.23. The molecular weight excluding hydrogens is 374 g/mol. The fraction of sp³-hybridized carbons (Fsp3) is 0.261. The molecule has 0 atom stereocenters. The third-order valence-electron chi connectivity index (χ3n) is 4.49. The SMILES string of the molecule is Cc1ccc2nc(-c3ccc(Cl)cc3)cc(C(=O)OCC(=O)C(C)(C)C)c2c1. The number of benzene rings is 2. The number of pyridine rings is 1. The van der Waals surface area contributed by atoms with E-state index in [4.69, 9.17) is 16.3 Å². The molecule has 0 saturated heterocycles. The first kappa shape index (κ1) is 20.0. The first-order valence-electron chi connectivity index (χ1n) is 9.03. The predicted octanol–water partition coefficient (Wildman–Crippen LogP) is 5.64. The number of hydrogen-bond donors (Lipinski definition) is 0. The van der Waals surface area contributed by atoms with Gasteiger partial charge in [-0.3, -0.25) is 4.79 Å². The summed E-state index contributed by atoms with van der Waals surface area (Å²) < 4.78 is 5.34. The van der Waals surface area contributed by atoms with Gasteiger partial charge < -0.3 is 4.74 Å². The number of Topliss-reactive ketones (excluding diaryl/α,β-unsaturated/α-hetero) is 1. The Kier molecular flexibility index (Phi) is 5.52. The number of esters is 1. The number of ketones is 1. The lowest BCUT2D eigenvalue weighted by molar-refractivity contribution is -0.129. The molecule has 0 spiro atoms. The molecule has 0 unspecified atom stereocenters. The summed E-state index contributed by atoms with van der Waals surface area (Å²) in [5.41, 5.74) is 3.00. The molecule has 3 aromatic rings. The molecule has 3 rings (SSSR count). The van der Waals surface area contributed by atoms with Crippen molar-refractivity contribution in [3.63, 3.8) is 0 Å². The number of ether oxygens (including phenoxy) is 1. The van der Waals surface area contributed by atoms with Crippen LogP contribution < -0.4 is 0 Å². The molecule has 0 amide bonds.